The van der Waals surface area contributed by atoms with Crippen molar-refractivity contribution in [3.05, 3.63) is 60.2 Å². The third-order valence-corrected chi connectivity index (χ3v) is 7.20. The number of sulfone groups is 1. The highest BCUT2D eigenvalue weighted by atomic mass is 32.2. The zero-order chi connectivity index (χ0) is 18.5. The van der Waals surface area contributed by atoms with Crippen LogP contribution >= 0.6 is 11.8 Å². The van der Waals surface area contributed by atoms with Crippen molar-refractivity contribution < 1.29 is 13.2 Å². The first-order valence-electron chi connectivity index (χ1n) is 7.96. The molecular weight excluding hydrogens is 354 g/mol. The minimum atomic E-state index is -3.26. The Kier molecular flexibility index (Phi) is 6.30. The molecule has 0 bridgehead atoms. The van der Waals surface area contributed by atoms with Gasteiger partial charge in [-0.25, -0.2) is 8.42 Å². The largest absolute Gasteiger partial charge is 0.325 e. The van der Waals surface area contributed by atoms with E-state index >= 15 is 0 Å². The lowest BCUT2D eigenvalue weighted by atomic mass is 10.2. The third kappa shape index (κ3) is 5.90. The molecule has 0 saturated carbocycles. The summed E-state index contributed by atoms with van der Waals surface area (Å²) in [5, 5.41) is 2.82. The predicted molar refractivity (Wildman–Crippen MR) is 105 cm³/mol. The fraction of sp³-hybridized carbons (Fsp3) is 0.316. The summed E-state index contributed by atoms with van der Waals surface area (Å²) in [4.78, 5) is 13.1. The van der Waals surface area contributed by atoms with Gasteiger partial charge in [0, 0.05) is 10.6 Å². The van der Waals surface area contributed by atoms with Gasteiger partial charge in [-0.15, -0.1) is 11.8 Å². The highest BCUT2D eigenvalue weighted by molar-refractivity contribution is 8.00. The standard InChI is InChI=1S/C19H23NO3S2/c1-19(2,3)25(22,23)14-15-8-7-9-16(12-15)20-18(21)13-24-17-10-5-4-6-11-17/h4-12H,13-14H2,1-3H3,(H,20,21). The maximum Gasteiger partial charge on any atom is 0.234 e. The number of carbonyl (C=O) groups is 1. The minimum Gasteiger partial charge on any atom is -0.325 e. The molecule has 0 unspecified atom stereocenters. The molecule has 0 aliphatic rings. The van der Waals surface area contributed by atoms with Crippen molar-refractivity contribution in [1.82, 2.24) is 0 Å². The quantitative estimate of drug-likeness (QED) is 0.769. The number of rotatable bonds is 6. The van der Waals surface area contributed by atoms with Crippen LogP contribution in [0.1, 0.15) is 26.3 Å². The molecule has 2 aromatic rings. The average molecular weight is 378 g/mol. The molecule has 0 saturated heterocycles. The first-order valence-corrected chi connectivity index (χ1v) is 10.6. The van der Waals surface area contributed by atoms with Crippen molar-refractivity contribution in [3.8, 4) is 0 Å². The first-order chi connectivity index (χ1) is 11.7. The lowest BCUT2D eigenvalue weighted by molar-refractivity contribution is -0.113. The molecule has 4 nitrogen and oxygen atoms in total. The zero-order valence-corrected chi connectivity index (χ0v) is 16.3. The lowest BCUT2D eigenvalue weighted by Gasteiger charge is -2.19. The van der Waals surface area contributed by atoms with Crippen LogP contribution in [0.2, 0.25) is 0 Å². The monoisotopic (exact) mass is 377 g/mol. The van der Waals surface area contributed by atoms with Crippen molar-refractivity contribution in [2.24, 2.45) is 0 Å². The molecule has 1 amide bonds. The van der Waals surface area contributed by atoms with Gasteiger partial charge in [-0.1, -0.05) is 30.3 Å². The SMILES string of the molecule is CC(C)(C)S(=O)(=O)Cc1cccc(NC(=O)CSc2ccccc2)c1. The minimum absolute atomic E-state index is 0.0427. The van der Waals surface area contributed by atoms with Gasteiger partial charge >= 0.3 is 0 Å². The topological polar surface area (TPSA) is 63.2 Å². The summed E-state index contributed by atoms with van der Waals surface area (Å²) in [5.41, 5.74) is 1.28. The van der Waals surface area contributed by atoms with Crippen LogP contribution in [0.5, 0.6) is 0 Å². The third-order valence-electron chi connectivity index (χ3n) is 3.61. The van der Waals surface area contributed by atoms with E-state index in [9.17, 15) is 13.2 Å². The van der Waals surface area contributed by atoms with Gasteiger partial charge < -0.3 is 5.32 Å². The van der Waals surface area contributed by atoms with Crippen LogP contribution in [0.25, 0.3) is 0 Å². The number of hydrogen-bond acceptors (Lipinski definition) is 4. The summed E-state index contributed by atoms with van der Waals surface area (Å²) in [7, 11) is -3.26. The van der Waals surface area contributed by atoms with Crippen LogP contribution in [0.15, 0.2) is 59.5 Å². The summed E-state index contributed by atoms with van der Waals surface area (Å²) in [6.45, 7) is 5.07. The Labute approximate surface area is 154 Å². The Balaban J connectivity index is 1.98. The molecule has 0 fully saturated rings. The van der Waals surface area contributed by atoms with Crippen molar-refractivity contribution in [1.29, 1.82) is 0 Å². The number of hydrogen-bond donors (Lipinski definition) is 1. The molecule has 0 aliphatic carbocycles. The van der Waals surface area contributed by atoms with E-state index in [0.717, 1.165) is 4.90 Å². The van der Waals surface area contributed by atoms with Gasteiger partial charge in [-0.05, 0) is 50.6 Å². The summed E-state index contributed by atoms with van der Waals surface area (Å²) < 4.78 is 23.8. The van der Waals surface area contributed by atoms with Crippen LogP contribution in [0, 0.1) is 0 Å². The Bertz CT molecular complexity index is 825. The molecule has 2 rings (SSSR count). The number of benzene rings is 2. The Hall–Kier alpha value is -1.79. The molecule has 2 aromatic carbocycles. The van der Waals surface area contributed by atoms with Gasteiger partial charge in [-0.3, -0.25) is 4.79 Å². The lowest BCUT2D eigenvalue weighted by Crippen LogP contribution is -2.29. The highest BCUT2D eigenvalue weighted by Crippen LogP contribution is 2.22. The molecule has 0 spiro atoms. The maximum absolute atomic E-state index is 12.3. The van der Waals surface area contributed by atoms with Gasteiger partial charge in [-0.2, -0.15) is 0 Å². The number of anilines is 1. The van der Waals surface area contributed by atoms with E-state index in [4.69, 9.17) is 0 Å². The Morgan fingerprint density at radius 1 is 1.04 bits per heavy atom. The fourth-order valence-electron chi connectivity index (χ4n) is 2.04. The zero-order valence-electron chi connectivity index (χ0n) is 14.7. The summed E-state index contributed by atoms with van der Waals surface area (Å²) >= 11 is 1.46. The number of nitrogens with one attached hydrogen (secondary N) is 1. The molecule has 6 heteroatoms. The van der Waals surface area contributed by atoms with E-state index in [0.29, 0.717) is 17.0 Å². The van der Waals surface area contributed by atoms with E-state index in [1.54, 1.807) is 45.0 Å². The normalized spacial score (nSPS) is 12.0. The summed E-state index contributed by atoms with van der Waals surface area (Å²) in [6.07, 6.45) is 0. The molecular formula is C19H23NO3S2. The molecule has 134 valence electrons. The summed E-state index contributed by atoms with van der Waals surface area (Å²) in [5.74, 6) is 0.137. The number of amides is 1. The highest BCUT2D eigenvalue weighted by Gasteiger charge is 2.28. The van der Waals surface area contributed by atoms with Gasteiger partial charge in [0.15, 0.2) is 9.84 Å². The summed E-state index contributed by atoms with van der Waals surface area (Å²) in [6, 6.07) is 16.7. The van der Waals surface area contributed by atoms with Gasteiger partial charge in [0.2, 0.25) is 5.91 Å². The smallest absolute Gasteiger partial charge is 0.234 e. The molecule has 1 N–H and O–H groups in total. The van der Waals surface area contributed by atoms with E-state index in [2.05, 4.69) is 5.32 Å². The van der Waals surface area contributed by atoms with Crippen LogP contribution in [0.3, 0.4) is 0 Å². The van der Waals surface area contributed by atoms with Crippen molar-refractivity contribution in [2.45, 2.75) is 36.2 Å². The second-order valence-corrected chi connectivity index (χ2v) is 10.5. The molecule has 0 atom stereocenters. The van der Waals surface area contributed by atoms with Gasteiger partial charge in [0.05, 0.1) is 16.3 Å². The van der Waals surface area contributed by atoms with Crippen molar-refractivity contribution in [3.63, 3.8) is 0 Å². The Morgan fingerprint density at radius 2 is 1.72 bits per heavy atom. The van der Waals surface area contributed by atoms with Gasteiger partial charge in [0.25, 0.3) is 0 Å². The second-order valence-electron chi connectivity index (χ2n) is 6.72. The molecule has 25 heavy (non-hydrogen) atoms. The van der Waals surface area contributed by atoms with Crippen LogP contribution < -0.4 is 5.32 Å². The van der Waals surface area contributed by atoms with Crippen molar-refractivity contribution >= 4 is 33.2 Å². The van der Waals surface area contributed by atoms with Crippen LogP contribution in [0.4, 0.5) is 5.69 Å². The maximum atomic E-state index is 12.3. The Morgan fingerprint density at radius 3 is 2.36 bits per heavy atom. The molecule has 0 aliphatic heterocycles. The predicted octanol–water partition coefficient (Wildman–Crippen LogP) is 4.13. The van der Waals surface area contributed by atoms with E-state index in [1.807, 2.05) is 30.3 Å². The molecule has 0 aromatic heterocycles. The van der Waals surface area contributed by atoms with E-state index in [-0.39, 0.29) is 11.7 Å². The van der Waals surface area contributed by atoms with E-state index < -0.39 is 14.6 Å². The number of thioether (sulfide) groups is 1. The van der Waals surface area contributed by atoms with Crippen LogP contribution in [-0.4, -0.2) is 24.8 Å². The molecule has 0 radical (unpaired) electrons. The molecule has 0 heterocycles. The first kappa shape index (κ1) is 19.5. The van der Waals surface area contributed by atoms with Gasteiger partial charge in [0.1, 0.15) is 0 Å². The fourth-order valence-corrected chi connectivity index (χ4v) is 3.81. The van der Waals surface area contributed by atoms with Crippen LogP contribution in [-0.2, 0) is 20.4 Å². The van der Waals surface area contributed by atoms with E-state index in [1.165, 1.54) is 11.8 Å². The van der Waals surface area contributed by atoms with Crippen molar-refractivity contribution in [2.75, 3.05) is 11.1 Å². The average Bonchev–Trinajstić information content (AvgIpc) is 2.53. The number of carbonyl (C=O) groups excluding carboxylic acids is 1. The second kappa shape index (κ2) is 8.06.